The third-order valence-electron chi connectivity index (χ3n) is 10.6. The van der Waals surface area contributed by atoms with Gasteiger partial charge in [0.1, 0.15) is 18.6 Å². The Labute approximate surface area is 298 Å². The smallest absolute Gasteiger partial charge is 0.318 e. The summed E-state index contributed by atoms with van der Waals surface area (Å²) in [5, 5.41) is 5.97. The number of rotatable bonds is 10. The predicted octanol–water partition coefficient (Wildman–Crippen LogP) is 5.73. The van der Waals surface area contributed by atoms with Gasteiger partial charge in [-0.3, -0.25) is 9.69 Å². The van der Waals surface area contributed by atoms with E-state index in [-0.39, 0.29) is 29.3 Å². The van der Waals surface area contributed by atoms with E-state index in [2.05, 4.69) is 43.0 Å². The van der Waals surface area contributed by atoms with Crippen molar-refractivity contribution in [2.24, 2.45) is 5.92 Å². The molecule has 51 heavy (non-hydrogen) atoms. The van der Waals surface area contributed by atoms with E-state index < -0.39 is 18.4 Å². The van der Waals surface area contributed by atoms with E-state index in [1.807, 2.05) is 25.2 Å². The van der Waals surface area contributed by atoms with Gasteiger partial charge in [0.05, 0.1) is 22.8 Å². The summed E-state index contributed by atoms with van der Waals surface area (Å²) in [5.41, 5.74) is 2.64. The first-order chi connectivity index (χ1) is 24.7. The van der Waals surface area contributed by atoms with Crippen molar-refractivity contribution >= 4 is 45.9 Å². The number of anilines is 2. The zero-order chi connectivity index (χ0) is 35.3. The van der Waals surface area contributed by atoms with Crippen LogP contribution in [0, 0.1) is 5.92 Å². The lowest BCUT2D eigenvalue weighted by Crippen LogP contribution is -2.53. The number of carbonyl (C=O) groups is 1. The summed E-state index contributed by atoms with van der Waals surface area (Å²) in [7, 11) is 1.99. The second kappa shape index (κ2) is 13.6. The second-order valence-electron chi connectivity index (χ2n) is 14.0. The van der Waals surface area contributed by atoms with Crippen LogP contribution in [0.15, 0.2) is 47.0 Å². The molecule has 0 spiro atoms. The number of hydrogen-bond donors (Lipinski definition) is 0. The number of hydrogen-bond acceptors (Lipinski definition) is 10. The molecule has 2 aromatic heterocycles. The summed E-state index contributed by atoms with van der Waals surface area (Å²) >= 11 is 6.71. The minimum Gasteiger partial charge on any atom is -0.461 e. The highest BCUT2D eigenvalue weighted by atomic mass is 35.5. The number of fused-ring (bicyclic) bond motifs is 3. The van der Waals surface area contributed by atoms with Crippen molar-refractivity contribution in [1.29, 1.82) is 0 Å². The third-order valence-corrected chi connectivity index (χ3v) is 10.9. The zero-order valence-electron chi connectivity index (χ0n) is 28.2. The van der Waals surface area contributed by atoms with Crippen LogP contribution in [0.25, 0.3) is 16.8 Å². The minimum absolute atomic E-state index is 0.151. The van der Waals surface area contributed by atoms with Crippen LogP contribution in [0.1, 0.15) is 48.7 Å². The third kappa shape index (κ3) is 6.59. The van der Waals surface area contributed by atoms with Crippen molar-refractivity contribution in [3.05, 3.63) is 70.5 Å². The predicted molar refractivity (Wildman–Crippen MR) is 186 cm³/mol. The lowest BCUT2D eigenvalue weighted by atomic mass is 9.95. The highest BCUT2D eigenvalue weighted by Crippen LogP contribution is 2.41. The second-order valence-corrected chi connectivity index (χ2v) is 14.4. The van der Waals surface area contributed by atoms with Gasteiger partial charge in [0.2, 0.25) is 11.7 Å². The van der Waals surface area contributed by atoms with E-state index >= 15 is 0 Å². The molecular weight excluding hydrogens is 685 g/mol. The van der Waals surface area contributed by atoms with Crippen LogP contribution in [0.4, 0.5) is 24.7 Å². The molecule has 2 aromatic carbocycles. The maximum atomic E-state index is 14.5. The standard InChI is InChI=1S/C36H38ClF3N8O3/c1-45(16-22-17-47(18-22)30(49)10-9-29-42-33(32(39)40)44-51-29)34-25-11-14-46(28-8-3-6-23-5-2-7-26(37)31(23)28)20-27(25)41-35(43-34)50-21-36-12-4-13-48(36)19-24(38)15-36/h2-3,5-10,22,24,32H,4,11-21H2,1H3/b10-9+/t24-,36+/m1/s1. The quantitative estimate of drug-likeness (QED) is 0.189. The summed E-state index contributed by atoms with van der Waals surface area (Å²) in [4.78, 5) is 34.5. The lowest BCUT2D eigenvalue weighted by Gasteiger charge is -2.41. The fourth-order valence-electron chi connectivity index (χ4n) is 8.15. The molecule has 0 unspecified atom stereocenters. The van der Waals surface area contributed by atoms with E-state index in [9.17, 15) is 18.0 Å². The van der Waals surface area contributed by atoms with Gasteiger partial charge < -0.3 is 24.0 Å². The van der Waals surface area contributed by atoms with Crippen LogP contribution >= 0.6 is 11.6 Å². The van der Waals surface area contributed by atoms with Gasteiger partial charge in [0.25, 0.3) is 5.89 Å². The largest absolute Gasteiger partial charge is 0.461 e. The van der Waals surface area contributed by atoms with Gasteiger partial charge in [0, 0.05) is 80.9 Å². The molecule has 0 radical (unpaired) electrons. The van der Waals surface area contributed by atoms with Crippen LogP contribution in [0.2, 0.25) is 5.02 Å². The van der Waals surface area contributed by atoms with Crippen molar-refractivity contribution in [3.63, 3.8) is 0 Å². The maximum absolute atomic E-state index is 14.5. The molecule has 4 aliphatic heterocycles. The molecule has 6 heterocycles. The molecule has 0 N–H and O–H groups in total. The van der Waals surface area contributed by atoms with Gasteiger partial charge in [-0.2, -0.15) is 15.0 Å². The zero-order valence-corrected chi connectivity index (χ0v) is 28.9. The Morgan fingerprint density at radius 3 is 2.78 bits per heavy atom. The number of nitrogens with zero attached hydrogens (tertiary/aromatic N) is 8. The molecule has 15 heteroatoms. The molecule has 268 valence electrons. The molecule has 8 rings (SSSR count). The van der Waals surface area contributed by atoms with E-state index in [1.54, 1.807) is 4.90 Å². The topological polar surface area (TPSA) is 104 Å². The van der Waals surface area contributed by atoms with Gasteiger partial charge in [-0.1, -0.05) is 41.0 Å². The van der Waals surface area contributed by atoms with Crippen LogP contribution < -0.4 is 14.5 Å². The molecule has 4 aromatic rings. The summed E-state index contributed by atoms with van der Waals surface area (Å²) in [6.07, 6.45) is 1.86. The van der Waals surface area contributed by atoms with Crippen molar-refractivity contribution < 1.29 is 27.2 Å². The SMILES string of the molecule is CN(CC1CN(C(=O)/C=C/c2nc(C(F)F)no2)C1)c1nc(OC[C@@]23CCCN2C[C@H](F)C3)nc2c1CCN(c1cccc3cccc(Cl)c13)C2. The van der Waals surface area contributed by atoms with E-state index in [0.29, 0.717) is 57.2 Å². The highest BCUT2D eigenvalue weighted by Gasteiger charge is 2.49. The summed E-state index contributed by atoms with van der Waals surface area (Å²) in [6, 6.07) is 12.4. The number of alkyl halides is 3. The monoisotopic (exact) mass is 722 g/mol. The van der Waals surface area contributed by atoms with E-state index in [1.165, 1.54) is 12.2 Å². The minimum atomic E-state index is -2.85. The van der Waals surface area contributed by atoms with Gasteiger partial charge >= 0.3 is 12.4 Å². The first kappa shape index (κ1) is 33.7. The van der Waals surface area contributed by atoms with Crippen molar-refractivity contribution in [1.82, 2.24) is 29.9 Å². The molecule has 3 saturated heterocycles. The van der Waals surface area contributed by atoms with Crippen molar-refractivity contribution in [3.8, 4) is 6.01 Å². The molecule has 0 bridgehead atoms. The van der Waals surface area contributed by atoms with Crippen LogP contribution in [0.3, 0.4) is 0 Å². The Morgan fingerprint density at radius 2 is 1.98 bits per heavy atom. The summed E-state index contributed by atoms with van der Waals surface area (Å²) in [5.74, 6) is -0.163. The average Bonchev–Trinajstić information content (AvgIpc) is 3.81. The van der Waals surface area contributed by atoms with Crippen LogP contribution in [0.5, 0.6) is 6.01 Å². The lowest BCUT2D eigenvalue weighted by molar-refractivity contribution is -0.131. The molecule has 0 saturated carbocycles. The molecule has 1 amide bonds. The van der Waals surface area contributed by atoms with Crippen LogP contribution in [-0.4, -0.2) is 100 Å². The first-order valence-corrected chi connectivity index (χ1v) is 17.7. The fraction of sp³-hybridized carbons (Fsp3) is 0.472. The van der Waals surface area contributed by atoms with Crippen molar-refractivity contribution in [2.45, 2.75) is 50.4 Å². The van der Waals surface area contributed by atoms with Gasteiger partial charge in [-0.25, -0.2) is 13.2 Å². The number of carbonyl (C=O) groups excluding carboxylic acids is 1. The molecular formula is C36H38ClF3N8O3. The highest BCUT2D eigenvalue weighted by molar-refractivity contribution is 6.36. The summed E-state index contributed by atoms with van der Waals surface area (Å²) in [6.45, 7) is 4.62. The molecule has 2 atom stereocenters. The Kier molecular flexibility index (Phi) is 8.99. The maximum Gasteiger partial charge on any atom is 0.318 e. The Bertz CT molecular complexity index is 1970. The van der Waals surface area contributed by atoms with Gasteiger partial charge in [-0.15, -0.1) is 0 Å². The van der Waals surface area contributed by atoms with Crippen LogP contribution in [-0.2, 0) is 17.8 Å². The molecule has 4 aliphatic rings. The van der Waals surface area contributed by atoms with E-state index in [0.717, 1.165) is 59.5 Å². The molecule has 3 fully saturated rings. The molecule has 0 aliphatic carbocycles. The van der Waals surface area contributed by atoms with Gasteiger partial charge in [0.15, 0.2) is 0 Å². The number of ether oxygens (including phenoxy) is 1. The van der Waals surface area contributed by atoms with E-state index in [4.69, 9.17) is 30.8 Å². The average molecular weight is 723 g/mol. The van der Waals surface area contributed by atoms with Crippen molar-refractivity contribution in [2.75, 3.05) is 62.7 Å². The fourth-order valence-corrected chi connectivity index (χ4v) is 8.43. The first-order valence-electron chi connectivity index (χ1n) is 17.3. The number of halogens is 4. The Balaban J connectivity index is 1.00. The number of amides is 1. The number of benzene rings is 2. The summed E-state index contributed by atoms with van der Waals surface area (Å²) < 4.78 is 51.2. The number of aromatic nitrogens is 4. The Hall–Kier alpha value is -4.43. The molecule has 11 nitrogen and oxygen atoms in total. The van der Waals surface area contributed by atoms with Gasteiger partial charge in [-0.05, 0) is 43.3 Å². The Morgan fingerprint density at radius 1 is 1.16 bits per heavy atom. The normalized spacial score (nSPS) is 22.2. The number of likely N-dealkylation sites (tertiary alicyclic amines) is 1.